The van der Waals surface area contributed by atoms with Gasteiger partial charge in [0.15, 0.2) is 0 Å². The van der Waals surface area contributed by atoms with Crippen molar-refractivity contribution in [3.63, 3.8) is 0 Å². The fourth-order valence-electron chi connectivity index (χ4n) is 2.28. The van der Waals surface area contributed by atoms with Crippen molar-refractivity contribution in [1.29, 1.82) is 0 Å². The summed E-state index contributed by atoms with van der Waals surface area (Å²) in [5.41, 5.74) is 0. The molecule has 5 heteroatoms. The number of quaternary nitrogens is 1. The van der Waals surface area contributed by atoms with Gasteiger partial charge in [0.1, 0.15) is 25.5 Å². The van der Waals surface area contributed by atoms with E-state index >= 15 is 0 Å². The van der Waals surface area contributed by atoms with Crippen LogP contribution in [0, 0.1) is 0 Å². The van der Waals surface area contributed by atoms with Crippen molar-refractivity contribution in [1.82, 2.24) is 0 Å². The molecule has 0 saturated carbocycles. The first-order valence-corrected chi connectivity index (χ1v) is 10.5. The summed E-state index contributed by atoms with van der Waals surface area (Å²) >= 11 is 2.02. The van der Waals surface area contributed by atoms with Gasteiger partial charge in [-0.1, -0.05) is 25.6 Å². The number of rotatable bonds is 15. The molecule has 0 aliphatic carbocycles. The topological polar surface area (TPSA) is 27.7 Å². The van der Waals surface area contributed by atoms with E-state index in [1.54, 1.807) is 0 Å². The highest BCUT2D eigenvalue weighted by atomic mass is 32.2. The Kier molecular flexibility index (Phi) is 13.5. The van der Waals surface area contributed by atoms with E-state index in [-0.39, 0.29) is 18.3 Å². The quantitative estimate of drug-likeness (QED) is 0.322. The summed E-state index contributed by atoms with van der Waals surface area (Å²) in [6.45, 7) is 22.5. The number of thioether (sulfide) groups is 1. The fraction of sp³-hybridized carbons (Fsp3) is 1.00. The molecule has 0 spiro atoms. The molecule has 0 radical (unpaired) electrons. The van der Waals surface area contributed by atoms with Crippen molar-refractivity contribution in [2.45, 2.75) is 79.0 Å². The third-order valence-electron chi connectivity index (χ3n) is 3.73. The summed E-state index contributed by atoms with van der Waals surface area (Å²) in [4.78, 5) is 0. The molecule has 0 aromatic heterocycles. The van der Waals surface area contributed by atoms with Crippen LogP contribution < -0.4 is 0 Å². The molecule has 0 unspecified atom stereocenters. The van der Waals surface area contributed by atoms with Crippen molar-refractivity contribution in [3.05, 3.63) is 0 Å². The summed E-state index contributed by atoms with van der Waals surface area (Å²) in [7, 11) is 0. The Morgan fingerprint density at radius 1 is 0.625 bits per heavy atom. The molecule has 0 aliphatic rings. The molecule has 0 aliphatic heterocycles. The molecule has 0 bridgehead atoms. The predicted molar refractivity (Wildman–Crippen MR) is 106 cm³/mol. The average Bonchev–Trinajstić information content (AvgIpc) is 2.43. The molecule has 4 nitrogen and oxygen atoms in total. The number of nitrogens with zero attached hydrogens (tertiary/aromatic N) is 1. The van der Waals surface area contributed by atoms with Gasteiger partial charge in [-0.05, 0) is 41.5 Å². The van der Waals surface area contributed by atoms with Crippen molar-refractivity contribution < 1.29 is 18.7 Å². The lowest BCUT2D eigenvalue weighted by molar-refractivity contribution is -0.917. The highest BCUT2D eigenvalue weighted by Crippen LogP contribution is 2.19. The van der Waals surface area contributed by atoms with Gasteiger partial charge in [-0.3, -0.25) is 0 Å². The maximum atomic E-state index is 5.85. The maximum Gasteiger partial charge on any atom is 0.126 e. The van der Waals surface area contributed by atoms with E-state index in [4.69, 9.17) is 14.2 Å². The van der Waals surface area contributed by atoms with Gasteiger partial charge in [0, 0.05) is 5.25 Å². The minimum Gasteiger partial charge on any atom is -0.373 e. The fourth-order valence-corrected chi connectivity index (χ4v) is 3.28. The third-order valence-corrected chi connectivity index (χ3v) is 5.10. The lowest BCUT2D eigenvalue weighted by atomic mass is 10.3. The predicted octanol–water partition coefficient (Wildman–Crippen LogP) is 4.18. The Morgan fingerprint density at radius 2 is 0.958 bits per heavy atom. The average molecular weight is 365 g/mol. The molecular weight excluding hydrogens is 322 g/mol. The Balaban J connectivity index is 4.83. The monoisotopic (exact) mass is 364 g/mol. The summed E-state index contributed by atoms with van der Waals surface area (Å²) in [6, 6.07) is 0. The van der Waals surface area contributed by atoms with Gasteiger partial charge in [-0.25, -0.2) is 0 Å². The maximum absolute atomic E-state index is 5.85. The van der Waals surface area contributed by atoms with E-state index in [0.717, 1.165) is 49.8 Å². The van der Waals surface area contributed by atoms with E-state index in [9.17, 15) is 0 Å². The first kappa shape index (κ1) is 24.2. The third kappa shape index (κ3) is 13.5. The van der Waals surface area contributed by atoms with Crippen LogP contribution in [0.1, 0.15) is 55.4 Å². The van der Waals surface area contributed by atoms with E-state index in [2.05, 4.69) is 55.4 Å². The number of hydrogen-bond donors (Lipinski definition) is 0. The Bertz CT molecular complexity index is 260. The minimum absolute atomic E-state index is 0.281. The van der Waals surface area contributed by atoms with Crippen LogP contribution in [0.5, 0.6) is 0 Å². The van der Waals surface area contributed by atoms with E-state index in [1.165, 1.54) is 0 Å². The lowest BCUT2D eigenvalue weighted by Gasteiger charge is -2.39. The van der Waals surface area contributed by atoms with Gasteiger partial charge in [0.25, 0.3) is 0 Å². The molecule has 0 aromatic rings. The van der Waals surface area contributed by atoms with E-state index < -0.39 is 0 Å². The first-order chi connectivity index (χ1) is 11.2. The molecule has 0 N–H and O–H groups in total. The molecular formula is C19H42NO3S+. The highest BCUT2D eigenvalue weighted by molar-refractivity contribution is 7.99. The van der Waals surface area contributed by atoms with Crippen molar-refractivity contribution in [3.8, 4) is 0 Å². The molecule has 0 aromatic carbocycles. The minimum atomic E-state index is 0.281. The van der Waals surface area contributed by atoms with Crippen LogP contribution >= 0.6 is 11.8 Å². The second-order valence-corrected chi connectivity index (χ2v) is 9.15. The van der Waals surface area contributed by atoms with Crippen LogP contribution in [0.2, 0.25) is 0 Å². The lowest BCUT2D eigenvalue weighted by Crippen LogP contribution is -2.54. The summed E-state index contributed by atoms with van der Waals surface area (Å²) in [6.07, 6.45) is 0.843. The van der Waals surface area contributed by atoms with Crippen molar-refractivity contribution >= 4 is 11.8 Å². The van der Waals surface area contributed by atoms with Gasteiger partial charge >= 0.3 is 0 Å². The second-order valence-electron chi connectivity index (χ2n) is 7.62. The largest absolute Gasteiger partial charge is 0.373 e. The number of ether oxygens (including phenoxy) is 3. The summed E-state index contributed by atoms with van der Waals surface area (Å²) < 4.78 is 18.6. The molecule has 0 fully saturated rings. The second kappa shape index (κ2) is 13.4. The van der Waals surface area contributed by atoms with E-state index in [0.29, 0.717) is 5.25 Å². The molecule has 146 valence electrons. The molecule has 0 rings (SSSR count). The van der Waals surface area contributed by atoms with Gasteiger partial charge < -0.3 is 18.7 Å². The van der Waals surface area contributed by atoms with Gasteiger partial charge in [-0.15, -0.1) is 0 Å². The van der Waals surface area contributed by atoms with Gasteiger partial charge in [0.2, 0.25) is 0 Å². The van der Waals surface area contributed by atoms with Crippen LogP contribution in [0.15, 0.2) is 0 Å². The zero-order chi connectivity index (χ0) is 18.6. The van der Waals surface area contributed by atoms with Gasteiger partial charge in [0.05, 0.1) is 38.1 Å². The zero-order valence-corrected chi connectivity index (χ0v) is 18.2. The van der Waals surface area contributed by atoms with Crippen LogP contribution in [0.25, 0.3) is 0 Å². The van der Waals surface area contributed by atoms with Crippen LogP contribution in [0.3, 0.4) is 0 Å². The standard InChI is InChI=1S/C19H42NO3S/c1-16(2)21-12-9-20(15-24-19(7)8,10-13-22-17(3)4)11-14-23-18(5)6/h16-19H,9-15H2,1-8H3/q+1. The molecule has 0 saturated heterocycles. The molecule has 0 heterocycles. The molecule has 24 heavy (non-hydrogen) atoms. The highest BCUT2D eigenvalue weighted by Gasteiger charge is 2.28. The van der Waals surface area contributed by atoms with Gasteiger partial charge in [-0.2, -0.15) is 0 Å². The first-order valence-electron chi connectivity index (χ1n) is 9.48. The van der Waals surface area contributed by atoms with Crippen LogP contribution in [-0.4, -0.2) is 73.4 Å². The van der Waals surface area contributed by atoms with Crippen molar-refractivity contribution in [2.24, 2.45) is 0 Å². The van der Waals surface area contributed by atoms with Crippen molar-refractivity contribution in [2.75, 3.05) is 45.3 Å². The molecule has 0 amide bonds. The number of hydrogen-bond acceptors (Lipinski definition) is 4. The SMILES string of the molecule is CC(C)OCC[N+](CCOC(C)C)(CCOC(C)C)CSC(C)C. The summed E-state index contributed by atoms with van der Waals surface area (Å²) in [5.74, 6) is 1.09. The Morgan fingerprint density at radius 3 is 1.21 bits per heavy atom. The Labute approximate surface area is 155 Å². The van der Waals surface area contributed by atoms with Crippen LogP contribution in [0.4, 0.5) is 0 Å². The normalized spacial score (nSPS) is 13.0. The zero-order valence-electron chi connectivity index (χ0n) is 17.3. The molecule has 0 atom stereocenters. The Hall–Kier alpha value is 0.190. The smallest absolute Gasteiger partial charge is 0.126 e. The summed E-state index contributed by atoms with van der Waals surface area (Å²) in [5, 5.41) is 0.630. The van der Waals surface area contributed by atoms with E-state index in [1.807, 2.05) is 11.8 Å². The van der Waals surface area contributed by atoms with Crippen LogP contribution in [-0.2, 0) is 14.2 Å².